The number of nitrogens with zero attached hydrogens (tertiary/aromatic N) is 3. The van der Waals surface area contributed by atoms with E-state index in [-0.39, 0.29) is 11.1 Å². The molecule has 0 unspecified atom stereocenters. The van der Waals surface area contributed by atoms with Gasteiger partial charge in [-0.3, -0.25) is 14.9 Å². The molecule has 2 aromatic carbocycles. The molecule has 0 aliphatic heterocycles. The number of benzene rings is 2. The van der Waals surface area contributed by atoms with E-state index in [1.165, 1.54) is 40.0 Å². The Hall–Kier alpha value is -3.26. The molecule has 0 aliphatic carbocycles. The van der Waals surface area contributed by atoms with Crippen LogP contribution in [0.1, 0.15) is 5.56 Å². The summed E-state index contributed by atoms with van der Waals surface area (Å²) in [6.07, 6.45) is 1.44. The van der Waals surface area contributed by atoms with E-state index in [1.807, 2.05) is 18.2 Å². The van der Waals surface area contributed by atoms with E-state index in [0.29, 0.717) is 15.0 Å². The van der Waals surface area contributed by atoms with Gasteiger partial charge in [-0.2, -0.15) is 0 Å². The summed E-state index contributed by atoms with van der Waals surface area (Å²) in [7, 11) is 0. The summed E-state index contributed by atoms with van der Waals surface area (Å²) in [6.45, 7) is 0. The van der Waals surface area contributed by atoms with Gasteiger partial charge in [0.15, 0.2) is 4.96 Å². The van der Waals surface area contributed by atoms with Crippen molar-refractivity contribution in [2.24, 2.45) is 0 Å². The minimum absolute atomic E-state index is 0.218. The van der Waals surface area contributed by atoms with Crippen molar-refractivity contribution in [1.82, 2.24) is 9.38 Å². The summed E-state index contributed by atoms with van der Waals surface area (Å²) in [5, 5.41) is 20.9. The van der Waals surface area contributed by atoms with Crippen LogP contribution in [0.5, 0.6) is 5.75 Å². The van der Waals surface area contributed by atoms with E-state index < -0.39 is 16.4 Å². The maximum Gasteiger partial charge on any atom is 0.311 e. The Morgan fingerprint density at radius 1 is 1.21 bits per heavy atom. The molecule has 0 bridgehead atoms. The van der Waals surface area contributed by atoms with E-state index in [0.717, 1.165) is 5.52 Å². The van der Waals surface area contributed by atoms with Crippen molar-refractivity contribution >= 4 is 39.1 Å². The van der Waals surface area contributed by atoms with Crippen LogP contribution < -0.4 is 10.1 Å². The zero-order valence-electron chi connectivity index (χ0n) is 12.0. The molecular weight excluding hydrogens is 330 g/mol. The summed E-state index contributed by atoms with van der Waals surface area (Å²) in [4.78, 5) is 27.8. The maximum absolute atomic E-state index is 12.6. The first-order chi connectivity index (χ1) is 11.6. The number of hydrogen-bond donors (Lipinski definition) is 1. The summed E-state index contributed by atoms with van der Waals surface area (Å²) in [5.74, 6) is -0.460. The molecule has 0 spiro atoms. The number of fused-ring (bicyclic) bond motifs is 3. The lowest BCUT2D eigenvalue weighted by atomic mass is 10.1. The number of rotatable bonds is 2. The Balaban J connectivity index is 1.99. The molecule has 4 rings (SSSR count). The lowest BCUT2D eigenvalue weighted by Crippen LogP contribution is -2.22. The molecule has 0 aliphatic rings. The summed E-state index contributed by atoms with van der Waals surface area (Å²) >= 11 is 1.17. The van der Waals surface area contributed by atoms with Gasteiger partial charge in [-0.1, -0.05) is 35.6 Å². The number of imidazole rings is 1. The van der Waals surface area contributed by atoms with Gasteiger partial charge in [-0.15, -0.1) is 0 Å². The van der Waals surface area contributed by atoms with Crippen LogP contribution in [0.15, 0.2) is 47.3 Å². The molecule has 0 fully saturated rings. The van der Waals surface area contributed by atoms with Crippen LogP contribution in [0.25, 0.3) is 22.1 Å². The molecule has 1 N–H and O–H groups in total. The van der Waals surface area contributed by atoms with Crippen molar-refractivity contribution in [2.75, 3.05) is 0 Å². The molecule has 0 saturated heterocycles. The summed E-state index contributed by atoms with van der Waals surface area (Å²) < 4.78 is 1.85. The van der Waals surface area contributed by atoms with E-state index in [9.17, 15) is 20.0 Å². The van der Waals surface area contributed by atoms with E-state index in [1.54, 1.807) is 6.07 Å². The van der Waals surface area contributed by atoms with Crippen molar-refractivity contribution < 1.29 is 10.0 Å². The number of aromatic nitrogens is 2. The van der Waals surface area contributed by atoms with Gasteiger partial charge in [0.2, 0.25) is 5.75 Å². The zero-order valence-corrected chi connectivity index (χ0v) is 12.9. The molecule has 0 saturated carbocycles. The van der Waals surface area contributed by atoms with Gasteiger partial charge in [-0.25, -0.2) is 9.38 Å². The van der Waals surface area contributed by atoms with Crippen molar-refractivity contribution in [3.8, 4) is 5.75 Å². The molecule has 4 aromatic rings. The average molecular weight is 339 g/mol. The third-order valence-electron chi connectivity index (χ3n) is 3.67. The van der Waals surface area contributed by atoms with Gasteiger partial charge < -0.3 is 5.11 Å². The van der Waals surface area contributed by atoms with Crippen LogP contribution in [0, 0.1) is 10.1 Å². The highest BCUT2D eigenvalue weighted by atomic mass is 32.1. The predicted octanol–water partition coefficient (Wildman–Crippen LogP) is 2.07. The highest BCUT2D eigenvalue weighted by Crippen LogP contribution is 2.29. The first kappa shape index (κ1) is 14.3. The van der Waals surface area contributed by atoms with Gasteiger partial charge in [0, 0.05) is 11.6 Å². The van der Waals surface area contributed by atoms with Crippen LogP contribution in [0.3, 0.4) is 0 Å². The molecule has 8 heteroatoms. The SMILES string of the molecule is O=c1/c(=C/c2cccc([N+](=O)[O-])c2O)sc2nc3ccccc3n12. The Kier molecular flexibility index (Phi) is 3.07. The number of phenols is 1. The van der Waals surface area contributed by atoms with E-state index >= 15 is 0 Å². The molecule has 0 atom stereocenters. The van der Waals surface area contributed by atoms with Crippen LogP contribution in [-0.2, 0) is 0 Å². The number of nitro groups is 1. The topological polar surface area (TPSA) is 97.7 Å². The molecule has 2 heterocycles. The third-order valence-corrected chi connectivity index (χ3v) is 4.64. The first-order valence-corrected chi connectivity index (χ1v) is 7.76. The van der Waals surface area contributed by atoms with Crippen LogP contribution in [0.2, 0.25) is 0 Å². The quantitative estimate of drug-likeness (QED) is 0.445. The summed E-state index contributed by atoms with van der Waals surface area (Å²) in [5.41, 5.74) is 0.981. The van der Waals surface area contributed by atoms with Gasteiger partial charge in [0.05, 0.1) is 20.5 Å². The molecule has 7 nitrogen and oxygen atoms in total. The molecule has 24 heavy (non-hydrogen) atoms. The second-order valence-corrected chi connectivity index (χ2v) is 6.12. The fraction of sp³-hybridized carbons (Fsp3) is 0. The van der Waals surface area contributed by atoms with Gasteiger partial charge >= 0.3 is 5.69 Å². The number of para-hydroxylation sites is 3. The number of phenolic OH excluding ortho intramolecular Hbond substituents is 1. The largest absolute Gasteiger partial charge is 0.502 e. The highest BCUT2D eigenvalue weighted by molar-refractivity contribution is 7.15. The zero-order chi connectivity index (χ0) is 16.8. The number of aromatic hydroxyl groups is 1. The van der Waals surface area contributed by atoms with Gasteiger partial charge in [0.1, 0.15) is 0 Å². The van der Waals surface area contributed by atoms with Crippen LogP contribution in [-0.4, -0.2) is 19.4 Å². The van der Waals surface area contributed by atoms with E-state index in [4.69, 9.17) is 0 Å². The smallest absolute Gasteiger partial charge is 0.311 e. The molecule has 0 radical (unpaired) electrons. The number of hydrogen-bond acceptors (Lipinski definition) is 6. The summed E-state index contributed by atoms with van der Waals surface area (Å²) in [6, 6.07) is 11.5. The van der Waals surface area contributed by atoms with Gasteiger partial charge in [-0.05, 0) is 18.2 Å². The van der Waals surface area contributed by atoms with Crippen LogP contribution >= 0.6 is 11.3 Å². The second-order valence-electron chi connectivity index (χ2n) is 5.11. The fourth-order valence-electron chi connectivity index (χ4n) is 2.57. The standard InChI is InChI=1S/C16H9N3O4S/c20-14-9(4-3-7-12(14)19(22)23)8-13-15(21)18-11-6-2-1-5-10(11)17-16(18)24-13/h1-8,20H/b13-8-. The van der Waals surface area contributed by atoms with Gasteiger partial charge in [0.25, 0.3) is 5.56 Å². The van der Waals surface area contributed by atoms with Crippen molar-refractivity contribution in [3.05, 3.63) is 73.0 Å². The first-order valence-electron chi connectivity index (χ1n) is 6.94. The minimum atomic E-state index is -0.667. The molecule has 2 aromatic heterocycles. The fourth-order valence-corrected chi connectivity index (χ4v) is 3.54. The van der Waals surface area contributed by atoms with Crippen molar-refractivity contribution in [2.45, 2.75) is 0 Å². The molecule has 118 valence electrons. The normalized spacial score (nSPS) is 12.2. The lowest BCUT2D eigenvalue weighted by Gasteiger charge is -1.98. The third kappa shape index (κ3) is 2.04. The molecular formula is C16H9N3O4S. The van der Waals surface area contributed by atoms with Crippen molar-refractivity contribution in [3.63, 3.8) is 0 Å². The predicted molar refractivity (Wildman–Crippen MR) is 90.4 cm³/mol. The second kappa shape index (κ2) is 5.14. The Bertz CT molecular complexity index is 1230. The molecule has 0 amide bonds. The average Bonchev–Trinajstić information content (AvgIpc) is 3.06. The van der Waals surface area contributed by atoms with E-state index in [2.05, 4.69) is 4.98 Å². The van der Waals surface area contributed by atoms with Crippen LogP contribution in [0.4, 0.5) is 5.69 Å². The van der Waals surface area contributed by atoms with Crippen molar-refractivity contribution in [1.29, 1.82) is 0 Å². The lowest BCUT2D eigenvalue weighted by molar-refractivity contribution is -0.385. The number of nitro benzene ring substituents is 1. The minimum Gasteiger partial charge on any atom is -0.502 e. The Morgan fingerprint density at radius 2 is 2.00 bits per heavy atom. The highest BCUT2D eigenvalue weighted by Gasteiger charge is 2.16. The maximum atomic E-state index is 12.6. The Morgan fingerprint density at radius 3 is 2.79 bits per heavy atom. The Labute approximate surface area is 137 Å². The monoisotopic (exact) mass is 339 g/mol. The number of thiazole rings is 1.